The molecule has 1 aromatic carbocycles. The Morgan fingerprint density at radius 1 is 1.53 bits per heavy atom. The number of hydrogen-bond donors (Lipinski definition) is 2. The molecular formula is C9H8N2O4. The number of fused-ring (bicyclic) bond motifs is 1. The number of rotatable bonds is 1. The fourth-order valence-corrected chi connectivity index (χ4v) is 1.54. The lowest BCUT2D eigenvalue weighted by Crippen LogP contribution is -2.34. The third-order valence-corrected chi connectivity index (χ3v) is 2.31. The van der Waals surface area contributed by atoms with Crippen LogP contribution < -0.4 is 5.32 Å². The predicted octanol–water partition coefficient (Wildman–Crippen LogP) is 0.372. The quantitative estimate of drug-likeness (QED) is 0.515. The van der Waals surface area contributed by atoms with Crippen molar-refractivity contribution in [3.63, 3.8) is 0 Å². The van der Waals surface area contributed by atoms with Crippen LogP contribution in [0.5, 0.6) is 0 Å². The van der Waals surface area contributed by atoms with Gasteiger partial charge in [0.2, 0.25) is 0 Å². The standard InChI is InChI=1S/C9H8N2O4/c12-8-4-10-9(13)7-3-5(11(14)15)1-2-6(7)8/h1-3,8,12H,4H2,(H,10,13). The molecule has 0 aliphatic carbocycles. The third kappa shape index (κ3) is 1.55. The van der Waals surface area contributed by atoms with Gasteiger partial charge in [0.1, 0.15) is 0 Å². The van der Waals surface area contributed by atoms with E-state index < -0.39 is 11.0 Å². The number of carbonyl (C=O) groups is 1. The summed E-state index contributed by atoms with van der Waals surface area (Å²) in [6.07, 6.45) is -0.793. The van der Waals surface area contributed by atoms with Gasteiger partial charge in [0.15, 0.2) is 0 Å². The summed E-state index contributed by atoms with van der Waals surface area (Å²) in [7, 11) is 0. The van der Waals surface area contributed by atoms with Crippen LogP contribution in [0.4, 0.5) is 5.69 Å². The van der Waals surface area contributed by atoms with E-state index in [0.717, 1.165) is 0 Å². The zero-order valence-electron chi connectivity index (χ0n) is 7.64. The SMILES string of the molecule is O=C1NCC(O)c2ccc([N+](=O)[O-])cc21. The Bertz CT molecular complexity index is 444. The molecule has 1 amide bonds. The molecule has 1 aromatic rings. The van der Waals surface area contributed by atoms with E-state index in [1.54, 1.807) is 0 Å². The number of benzene rings is 1. The number of nitrogens with zero attached hydrogens (tertiary/aromatic N) is 1. The first kappa shape index (κ1) is 9.60. The largest absolute Gasteiger partial charge is 0.387 e. The first-order chi connectivity index (χ1) is 7.09. The first-order valence-electron chi connectivity index (χ1n) is 4.34. The minimum Gasteiger partial charge on any atom is -0.387 e. The van der Waals surface area contributed by atoms with E-state index in [4.69, 9.17) is 0 Å². The van der Waals surface area contributed by atoms with Crippen LogP contribution in [0.15, 0.2) is 18.2 Å². The fourth-order valence-electron chi connectivity index (χ4n) is 1.54. The summed E-state index contributed by atoms with van der Waals surface area (Å²) in [6, 6.07) is 3.87. The van der Waals surface area contributed by atoms with Gasteiger partial charge in [0.05, 0.1) is 16.6 Å². The lowest BCUT2D eigenvalue weighted by molar-refractivity contribution is -0.384. The number of aliphatic hydroxyl groups excluding tert-OH is 1. The van der Waals surface area contributed by atoms with Gasteiger partial charge < -0.3 is 10.4 Å². The lowest BCUT2D eigenvalue weighted by atomic mass is 9.97. The first-order valence-corrected chi connectivity index (χ1v) is 4.34. The number of aliphatic hydroxyl groups is 1. The van der Waals surface area contributed by atoms with E-state index in [-0.39, 0.29) is 23.7 Å². The normalized spacial score (nSPS) is 19.3. The molecule has 1 aliphatic heterocycles. The van der Waals surface area contributed by atoms with Crippen molar-refractivity contribution in [3.8, 4) is 0 Å². The molecule has 1 heterocycles. The summed E-state index contributed by atoms with van der Waals surface area (Å²) in [5.74, 6) is -0.390. The molecular weight excluding hydrogens is 200 g/mol. The second-order valence-electron chi connectivity index (χ2n) is 3.25. The Morgan fingerprint density at radius 2 is 2.27 bits per heavy atom. The van der Waals surface area contributed by atoms with Gasteiger partial charge >= 0.3 is 0 Å². The number of carbonyl (C=O) groups excluding carboxylic acids is 1. The monoisotopic (exact) mass is 208 g/mol. The van der Waals surface area contributed by atoms with Gasteiger partial charge in [-0.25, -0.2) is 0 Å². The van der Waals surface area contributed by atoms with Gasteiger partial charge in [-0.15, -0.1) is 0 Å². The maximum absolute atomic E-state index is 11.4. The molecule has 2 rings (SSSR count). The Labute approximate surface area is 84.7 Å². The Balaban J connectivity index is 2.54. The molecule has 0 radical (unpaired) electrons. The van der Waals surface area contributed by atoms with Crippen LogP contribution >= 0.6 is 0 Å². The number of β-amino-alcohol motifs (C(OH)–C–C–N with tert-alkyl or cyclic N) is 1. The average molecular weight is 208 g/mol. The lowest BCUT2D eigenvalue weighted by Gasteiger charge is -2.20. The second-order valence-corrected chi connectivity index (χ2v) is 3.25. The van der Waals surface area contributed by atoms with Crippen molar-refractivity contribution >= 4 is 11.6 Å². The van der Waals surface area contributed by atoms with Crippen LogP contribution in [0.25, 0.3) is 0 Å². The van der Waals surface area contributed by atoms with Crippen molar-refractivity contribution < 1.29 is 14.8 Å². The molecule has 15 heavy (non-hydrogen) atoms. The van der Waals surface area contributed by atoms with E-state index >= 15 is 0 Å². The smallest absolute Gasteiger partial charge is 0.270 e. The predicted molar refractivity (Wildman–Crippen MR) is 50.4 cm³/mol. The van der Waals surface area contributed by atoms with Crippen LogP contribution in [-0.4, -0.2) is 22.5 Å². The zero-order chi connectivity index (χ0) is 11.0. The van der Waals surface area contributed by atoms with E-state index in [1.807, 2.05) is 0 Å². The highest BCUT2D eigenvalue weighted by Crippen LogP contribution is 2.25. The number of non-ortho nitro benzene ring substituents is 1. The summed E-state index contributed by atoms with van der Waals surface area (Å²) in [5, 5.41) is 22.5. The van der Waals surface area contributed by atoms with Crippen molar-refractivity contribution in [1.29, 1.82) is 0 Å². The van der Waals surface area contributed by atoms with E-state index in [9.17, 15) is 20.0 Å². The molecule has 0 spiro atoms. The van der Waals surface area contributed by atoms with E-state index in [1.165, 1.54) is 18.2 Å². The number of amides is 1. The zero-order valence-corrected chi connectivity index (χ0v) is 7.64. The third-order valence-electron chi connectivity index (χ3n) is 2.31. The average Bonchev–Trinajstić information content (AvgIpc) is 2.23. The topological polar surface area (TPSA) is 92.5 Å². The Hall–Kier alpha value is -1.95. The number of hydrogen-bond acceptors (Lipinski definition) is 4. The molecule has 0 saturated carbocycles. The number of nitrogens with one attached hydrogen (secondary N) is 1. The highest BCUT2D eigenvalue weighted by molar-refractivity contribution is 5.97. The van der Waals surface area contributed by atoms with Gasteiger partial charge in [-0.2, -0.15) is 0 Å². The van der Waals surface area contributed by atoms with Crippen LogP contribution in [0.3, 0.4) is 0 Å². The van der Waals surface area contributed by atoms with Crippen molar-refractivity contribution in [3.05, 3.63) is 39.4 Å². The Morgan fingerprint density at radius 3 is 2.93 bits per heavy atom. The molecule has 6 nitrogen and oxygen atoms in total. The molecule has 0 bridgehead atoms. The Kier molecular flexibility index (Phi) is 2.12. The van der Waals surface area contributed by atoms with E-state index in [0.29, 0.717) is 5.56 Å². The highest BCUT2D eigenvalue weighted by atomic mass is 16.6. The maximum atomic E-state index is 11.4. The van der Waals surface area contributed by atoms with Gasteiger partial charge in [-0.3, -0.25) is 14.9 Å². The minimum atomic E-state index is -0.793. The summed E-state index contributed by atoms with van der Waals surface area (Å²) in [6.45, 7) is 0.143. The molecule has 1 atom stereocenters. The molecule has 6 heteroatoms. The molecule has 2 N–H and O–H groups in total. The van der Waals surface area contributed by atoms with Gasteiger partial charge in [-0.05, 0) is 11.6 Å². The summed E-state index contributed by atoms with van der Waals surface area (Å²) < 4.78 is 0. The maximum Gasteiger partial charge on any atom is 0.270 e. The molecule has 0 fully saturated rings. The van der Waals surface area contributed by atoms with Gasteiger partial charge in [0, 0.05) is 18.7 Å². The molecule has 0 aromatic heterocycles. The van der Waals surface area contributed by atoms with Crippen LogP contribution in [0.2, 0.25) is 0 Å². The summed E-state index contributed by atoms with van der Waals surface area (Å²) >= 11 is 0. The van der Waals surface area contributed by atoms with Crippen LogP contribution in [0, 0.1) is 10.1 Å². The van der Waals surface area contributed by atoms with Crippen molar-refractivity contribution in [2.24, 2.45) is 0 Å². The number of nitro benzene ring substituents is 1. The van der Waals surface area contributed by atoms with Gasteiger partial charge in [-0.1, -0.05) is 0 Å². The fraction of sp³-hybridized carbons (Fsp3) is 0.222. The van der Waals surface area contributed by atoms with Crippen LogP contribution in [0.1, 0.15) is 22.0 Å². The van der Waals surface area contributed by atoms with E-state index in [2.05, 4.69) is 5.32 Å². The van der Waals surface area contributed by atoms with Crippen LogP contribution in [-0.2, 0) is 0 Å². The summed E-state index contributed by atoms with van der Waals surface area (Å²) in [5.41, 5.74) is 0.449. The molecule has 0 saturated heterocycles. The van der Waals surface area contributed by atoms with Crippen molar-refractivity contribution in [1.82, 2.24) is 5.32 Å². The van der Waals surface area contributed by atoms with Gasteiger partial charge in [0.25, 0.3) is 11.6 Å². The molecule has 1 unspecified atom stereocenters. The summed E-state index contributed by atoms with van der Waals surface area (Å²) in [4.78, 5) is 21.3. The van der Waals surface area contributed by atoms with Crippen molar-refractivity contribution in [2.75, 3.05) is 6.54 Å². The second kappa shape index (κ2) is 3.32. The molecule has 78 valence electrons. The molecule has 1 aliphatic rings. The van der Waals surface area contributed by atoms with Crippen molar-refractivity contribution in [2.45, 2.75) is 6.10 Å². The minimum absolute atomic E-state index is 0.143. The number of nitro groups is 1. The highest BCUT2D eigenvalue weighted by Gasteiger charge is 2.25.